The summed E-state index contributed by atoms with van der Waals surface area (Å²) in [6.45, 7) is 4.00. The summed E-state index contributed by atoms with van der Waals surface area (Å²) in [4.78, 5) is 2.75. The Hall–Kier alpha value is -0.0800. The molecule has 2 heteroatoms. The van der Waals surface area contributed by atoms with E-state index in [1.807, 2.05) is 0 Å². The Morgan fingerprint density at radius 1 is 1.23 bits per heavy atom. The Morgan fingerprint density at radius 3 is 2.85 bits per heavy atom. The Bertz CT molecular complexity index is 187. The minimum atomic E-state index is 0.819. The van der Waals surface area contributed by atoms with Gasteiger partial charge in [-0.05, 0) is 44.6 Å². The first-order valence-corrected chi connectivity index (χ1v) is 5.89. The average molecular weight is 180 g/mol. The highest BCUT2D eigenvalue weighted by Crippen LogP contribution is 2.37. The number of rotatable bonds is 2. The van der Waals surface area contributed by atoms with Crippen molar-refractivity contribution in [2.24, 2.45) is 5.92 Å². The molecule has 3 unspecified atom stereocenters. The van der Waals surface area contributed by atoms with E-state index in [2.05, 4.69) is 10.2 Å². The van der Waals surface area contributed by atoms with Crippen LogP contribution in [0.3, 0.4) is 0 Å². The topological polar surface area (TPSA) is 15.3 Å². The highest BCUT2D eigenvalue weighted by molar-refractivity contribution is 4.94. The second-order valence-electron chi connectivity index (χ2n) is 5.08. The maximum absolute atomic E-state index is 3.60. The second kappa shape index (κ2) is 3.25. The van der Waals surface area contributed by atoms with E-state index in [0.717, 1.165) is 18.0 Å². The molecule has 1 N–H and O–H groups in total. The standard InChI is InChI=1S/C11H20N2/c1-2-10(12-5-1)8-13-7-9-3-4-11(13)6-9/h9-12H,1-8H2. The summed E-state index contributed by atoms with van der Waals surface area (Å²) in [7, 11) is 0. The Kier molecular flexibility index (Phi) is 2.06. The van der Waals surface area contributed by atoms with Gasteiger partial charge >= 0.3 is 0 Å². The molecule has 3 rings (SSSR count). The van der Waals surface area contributed by atoms with Crippen LogP contribution in [-0.2, 0) is 0 Å². The van der Waals surface area contributed by atoms with Crippen LogP contribution in [0.4, 0.5) is 0 Å². The van der Waals surface area contributed by atoms with Crippen LogP contribution >= 0.6 is 0 Å². The van der Waals surface area contributed by atoms with Crippen LogP contribution < -0.4 is 5.32 Å². The number of nitrogens with zero attached hydrogens (tertiary/aromatic N) is 1. The number of likely N-dealkylation sites (tertiary alicyclic amines) is 1. The monoisotopic (exact) mass is 180 g/mol. The summed E-state index contributed by atoms with van der Waals surface area (Å²) in [5.74, 6) is 1.06. The molecule has 3 aliphatic rings. The second-order valence-corrected chi connectivity index (χ2v) is 5.08. The van der Waals surface area contributed by atoms with Crippen LogP contribution in [0, 0.1) is 5.92 Å². The molecular weight excluding hydrogens is 160 g/mol. The van der Waals surface area contributed by atoms with Gasteiger partial charge in [0, 0.05) is 25.2 Å². The quantitative estimate of drug-likeness (QED) is 0.687. The van der Waals surface area contributed by atoms with Gasteiger partial charge in [0.25, 0.3) is 0 Å². The molecule has 74 valence electrons. The lowest BCUT2D eigenvalue weighted by Crippen LogP contribution is -2.41. The van der Waals surface area contributed by atoms with Crippen LogP contribution in [0.5, 0.6) is 0 Å². The normalized spacial score (nSPS) is 44.8. The van der Waals surface area contributed by atoms with E-state index in [-0.39, 0.29) is 0 Å². The third kappa shape index (κ3) is 1.50. The fourth-order valence-electron chi connectivity index (χ4n) is 3.45. The minimum absolute atomic E-state index is 0.819. The zero-order chi connectivity index (χ0) is 8.67. The van der Waals surface area contributed by atoms with E-state index in [4.69, 9.17) is 0 Å². The molecular formula is C11H20N2. The van der Waals surface area contributed by atoms with E-state index in [9.17, 15) is 0 Å². The van der Waals surface area contributed by atoms with Crippen LogP contribution in [0.15, 0.2) is 0 Å². The number of piperidine rings is 1. The van der Waals surface area contributed by atoms with Crippen molar-refractivity contribution in [1.82, 2.24) is 10.2 Å². The highest BCUT2D eigenvalue weighted by Gasteiger charge is 2.38. The summed E-state index contributed by atoms with van der Waals surface area (Å²) in [5.41, 5.74) is 0. The predicted molar refractivity (Wildman–Crippen MR) is 53.7 cm³/mol. The maximum atomic E-state index is 3.60. The van der Waals surface area contributed by atoms with Gasteiger partial charge in [0.2, 0.25) is 0 Å². The molecule has 3 atom stereocenters. The summed E-state index contributed by atoms with van der Waals surface area (Å²) in [6.07, 6.45) is 7.31. The maximum Gasteiger partial charge on any atom is 0.0195 e. The fraction of sp³-hybridized carbons (Fsp3) is 1.00. The van der Waals surface area contributed by atoms with Crippen LogP contribution in [0.1, 0.15) is 32.1 Å². The molecule has 2 aliphatic heterocycles. The number of fused-ring (bicyclic) bond motifs is 2. The van der Waals surface area contributed by atoms with E-state index in [1.165, 1.54) is 51.7 Å². The SMILES string of the molecule is C1CNC(CN2CC3CCC2C3)C1. The molecule has 0 radical (unpaired) electrons. The Labute approximate surface area is 80.7 Å². The van der Waals surface area contributed by atoms with Crippen molar-refractivity contribution in [3.63, 3.8) is 0 Å². The molecule has 1 aliphatic carbocycles. The van der Waals surface area contributed by atoms with Crippen LogP contribution in [0.25, 0.3) is 0 Å². The summed E-state index contributed by atoms with van der Waals surface area (Å²) >= 11 is 0. The summed E-state index contributed by atoms with van der Waals surface area (Å²) < 4.78 is 0. The molecule has 13 heavy (non-hydrogen) atoms. The first kappa shape index (κ1) is 8.25. The molecule has 2 saturated heterocycles. The van der Waals surface area contributed by atoms with Gasteiger partial charge in [0.15, 0.2) is 0 Å². The Balaban J connectivity index is 1.55. The molecule has 1 saturated carbocycles. The Morgan fingerprint density at radius 2 is 2.23 bits per heavy atom. The van der Waals surface area contributed by atoms with Gasteiger partial charge in [-0.3, -0.25) is 4.90 Å². The number of hydrogen-bond donors (Lipinski definition) is 1. The third-order valence-corrected chi connectivity index (χ3v) is 4.14. The zero-order valence-corrected chi connectivity index (χ0v) is 8.34. The highest BCUT2D eigenvalue weighted by atomic mass is 15.2. The fourth-order valence-corrected chi connectivity index (χ4v) is 3.45. The largest absolute Gasteiger partial charge is 0.313 e. The van der Waals surface area contributed by atoms with Crippen LogP contribution in [0.2, 0.25) is 0 Å². The van der Waals surface area contributed by atoms with Gasteiger partial charge in [-0.1, -0.05) is 0 Å². The van der Waals surface area contributed by atoms with Crippen molar-refractivity contribution in [2.45, 2.75) is 44.2 Å². The molecule has 0 amide bonds. The van der Waals surface area contributed by atoms with Gasteiger partial charge in [-0.15, -0.1) is 0 Å². The molecule has 2 bridgehead atoms. The van der Waals surface area contributed by atoms with Crippen molar-refractivity contribution < 1.29 is 0 Å². The van der Waals surface area contributed by atoms with Gasteiger partial charge in [0.1, 0.15) is 0 Å². The number of hydrogen-bond acceptors (Lipinski definition) is 2. The van der Waals surface area contributed by atoms with E-state index < -0.39 is 0 Å². The lowest BCUT2D eigenvalue weighted by Gasteiger charge is -2.29. The first-order chi connectivity index (χ1) is 6.42. The predicted octanol–water partition coefficient (Wildman–Crippen LogP) is 1.22. The minimum Gasteiger partial charge on any atom is -0.313 e. The van der Waals surface area contributed by atoms with Gasteiger partial charge in [0.05, 0.1) is 0 Å². The van der Waals surface area contributed by atoms with Crippen molar-refractivity contribution in [2.75, 3.05) is 19.6 Å². The lowest BCUT2D eigenvalue weighted by atomic mass is 10.1. The van der Waals surface area contributed by atoms with E-state index in [1.54, 1.807) is 0 Å². The first-order valence-electron chi connectivity index (χ1n) is 5.89. The average Bonchev–Trinajstić information content (AvgIpc) is 2.77. The lowest BCUT2D eigenvalue weighted by molar-refractivity contribution is 0.196. The smallest absolute Gasteiger partial charge is 0.0195 e. The van der Waals surface area contributed by atoms with Gasteiger partial charge in [-0.25, -0.2) is 0 Å². The molecule has 2 nitrogen and oxygen atoms in total. The van der Waals surface area contributed by atoms with Crippen molar-refractivity contribution in [3.8, 4) is 0 Å². The van der Waals surface area contributed by atoms with Gasteiger partial charge < -0.3 is 5.32 Å². The molecule has 0 spiro atoms. The number of nitrogens with one attached hydrogen (secondary N) is 1. The summed E-state index contributed by atoms with van der Waals surface area (Å²) in [5, 5.41) is 3.60. The molecule has 2 heterocycles. The van der Waals surface area contributed by atoms with Crippen molar-refractivity contribution in [1.29, 1.82) is 0 Å². The van der Waals surface area contributed by atoms with Crippen molar-refractivity contribution >= 4 is 0 Å². The summed E-state index contributed by atoms with van der Waals surface area (Å²) in [6, 6.07) is 1.78. The molecule has 0 aromatic rings. The van der Waals surface area contributed by atoms with Crippen molar-refractivity contribution in [3.05, 3.63) is 0 Å². The van der Waals surface area contributed by atoms with E-state index in [0.29, 0.717) is 0 Å². The van der Waals surface area contributed by atoms with E-state index >= 15 is 0 Å². The van der Waals surface area contributed by atoms with Crippen LogP contribution in [-0.4, -0.2) is 36.6 Å². The third-order valence-electron chi connectivity index (χ3n) is 4.14. The molecule has 0 aromatic carbocycles. The molecule has 0 aromatic heterocycles. The van der Waals surface area contributed by atoms with Gasteiger partial charge in [-0.2, -0.15) is 0 Å². The molecule has 3 fully saturated rings. The zero-order valence-electron chi connectivity index (χ0n) is 8.34.